The van der Waals surface area contributed by atoms with Gasteiger partial charge in [-0.05, 0) is 42.2 Å². The minimum absolute atomic E-state index is 0.0580. The lowest BCUT2D eigenvalue weighted by molar-refractivity contribution is -0.115. The molecule has 4 heteroatoms. The van der Waals surface area contributed by atoms with Gasteiger partial charge >= 0.3 is 0 Å². The van der Waals surface area contributed by atoms with Crippen LogP contribution >= 0.6 is 23.2 Å². The first kappa shape index (κ1) is 15.9. The van der Waals surface area contributed by atoms with Crippen LogP contribution in [-0.4, -0.2) is 5.91 Å². The Bertz CT molecular complexity index is 668. The van der Waals surface area contributed by atoms with E-state index in [1.807, 2.05) is 31.2 Å². The fraction of sp³-hybridized carbons (Fsp3) is 0.235. The highest BCUT2D eigenvalue weighted by molar-refractivity contribution is 6.42. The number of halogens is 2. The smallest absolute Gasteiger partial charge is 0.228 e. The van der Waals surface area contributed by atoms with E-state index in [0.717, 1.165) is 28.8 Å². The number of nitrogens with one attached hydrogen (secondary N) is 1. The van der Waals surface area contributed by atoms with Gasteiger partial charge < -0.3 is 5.32 Å². The van der Waals surface area contributed by atoms with Crippen molar-refractivity contribution in [1.82, 2.24) is 0 Å². The van der Waals surface area contributed by atoms with Crippen molar-refractivity contribution in [3.8, 4) is 0 Å². The van der Waals surface area contributed by atoms with Gasteiger partial charge in [-0.25, -0.2) is 0 Å². The van der Waals surface area contributed by atoms with Crippen molar-refractivity contribution in [3.05, 3.63) is 63.1 Å². The van der Waals surface area contributed by atoms with Gasteiger partial charge in [0.05, 0.1) is 16.5 Å². The number of hydrogen-bond donors (Lipinski definition) is 1. The molecule has 0 aliphatic heterocycles. The molecule has 0 radical (unpaired) electrons. The second kappa shape index (κ2) is 6.97. The lowest BCUT2D eigenvalue weighted by Gasteiger charge is -2.13. The third kappa shape index (κ3) is 3.99. The molecule has 2 aromatic rings. The number of carbonyl (C=O) groups excluding carboxylic acids is 1. The molecule has 0 saturated carbocycles. The fourth-order valence-corrected chi connectivity index (χ4v) is 2.54. The summed E-state index contributed by atoms with van der Waals surface area (Å²) in [5.74, 6) is -0.0580. The number of carbonyl (C=O) groups is 1. The number of hydrogen-bond acceptors (Lipinski definition) is 1. The predicted molar refractivity (Wildman–Crippen MR) is 89.4 cm³/mol. The average molecular weight is 322 g/mol. The van der Waals surface area contributed by atoms with Crippen LogP contribution in [0.5, 0.6) is 0 Å². The van der Waals surface area contributed by atoms with E-state index in [1.165, 1.54) is 0 Å². The van der Waals surface area contributed by atoms with Crippen LogP contribution in [-0.2, 0) is 17.6 Å². The summed E-state index contributed by atoms with van der Waals surface area (Å²) in [4.78, 5) is 12.2. The molecule has 21 heavy (non-hydrogen) atoms. The maximum atomic E-state index is 12.2. The van der Waals surface area contributed by atoms with Crippen molar-refractivity contribution in [2.45, 2.75) is 26.7 Å². The standard InChI is InChI=1S/C17H17Cl2NO/c1-3-13-6-4-5-11(2)17(13)20-16(21)10-12-7-8-14(18)15(19)9-12/h4-9H,3,10H2,1-2H3,(H,20,21). The van der Waals surface area contributed by atoms with Gasteiger partial charge in [0, 0.05) is 5.69 Å². The molecule has 0 aliphatic rings. The summed E-state index contributed by atoms with van der Waals surface area (Å²) in [6.45, 7) is 4.07. The van der Waals surface area contributed by atoms with E-state index in [2.05, 4.69) is 12.2 Å². The number of anilines is 1. The van der Waals surface area contributed by atoms with Crippen molar-refractivity contribution in [2.24, 2.45) is 0 Å². The lowest BCUT2D eigenvalue weighted by Crippen LogP contribution is -2.16. The Morgan fingerprint density at radius 1 is 1.14 bits per heavy atom. The zero-order valence-corrected chi connectivity index (χ0v) is 13.6. The van der Waals surface area contributed by atoms with Gasteiger partial charge in [0.1, 0.15) is 0 Å². The summed E-state index contributed by atoms with van der Waals surface area (Å²) in [5, 5.41) is 3.96. The first-order valence-electron chi connectivity index (χ1n) is 6.83. The maximum Gasteiger partial charge on any atom is 0.228 e. The van der Waals surface area contributed by atoms with E-state index in [4.69, 9.17) is 23.2 Å². The second-order valence-corrected chi connectivity index (χ2v) is 5.75. The predicted octanol–water partition coefficient (Wildman–Crippen LogP) is 5.05. The molecule has 0 heterocycles. The second-order valence-electron chi connectivity index (χ2n) is 4.94. The average Bonchev–Trinajstić information content (AvgIpc) is 2.45. The third-order valence-electron chi connectivity index (χ3n) is 3.35. The molecule has 0 atom stereocenters. The minimum Gasteiger partial charge on any atom is -0.325 e. The molecule has 0 aliphatic carbocycles. The van der Waals surface area contributed by atoms with E-state index in [1.54, 1.807) is 12.1 Å². The fourth-order valence-electron chi connectivity index (χ4n) is 2.22. The minimum atomic E-state index is -0.0580. The van der Waals surface area contributed by atoms with Crippen molar-refractivity contribution in [3.63, 3.8) is 0 Å². The van der Waals surface area contributed by atoms with E-state index in [0.29, 0.717) is 10.0 Å². The van der Waals surface area contributed by atoms with Crippen LogP contribution in [0.25, 0.3) is 0 Å². The van der Waals surface area contributed by atoms with Gasteiger partial charge in [0.25, 0.3) is 0 Å². The maximum absolute atomic E-state index is 12.2. The van der Waals surface area contributed by atoms with Gasteiger partial charge in [0.15, 0.2) is 0 Å². The number of amides is 1. The molecule has 0 saturated heterocycles. The van der Waals surface area contributed by atoms with Crippen LogP contribution in [0.15, 0.2) is 36.4 Å². The molecule has 0 unspecified atom stereocenters. The summed E-state index contributed by atoms with van der Waals surface area (Å²) < 4.78 is 0. The Balaban J connectivity index is 2.13. The quantitative estimate of drug-likeness (QED) is 0.839. The molecule has 2 aromatic carbocycles. The Kier molecular flexibility index (Phi) is 5.27. The molecule has 1 N–H and O–H groups in total. The molecule has 110 valence electrons. The molecule has 0 aromatic heterocycles. The topological polar surface area (TPSA) is 29.1 Å². The lowest BCUT2D eigenvalue weighted by atomic mass is 10.1. The van der Waals surface area contributed by atoms with Crippen LogP contribution < -0.4 is 5.32 Å². The van der Waals surface area contributed by atoms with Gasteiger partial charge in [-0.15, -0.1) is 0 Å². The third-order valence-corrected chi connectivity index (χ3v) is 4.09. The summed E-state index contributed by atoms with van der Waals surface area (Å²) in [6, 6.07) is 11.3. The van der Waals surface area contributed by atoms with Crippen molar-refractivity contribution in [1.29, 1.82) is 0 Å². The molecule has 2 rings (SSSR count). The highest BCUT2D eigenvalue weighted by Crippen LogP contribution is 2.24. The van der Waals surface area contributed by atoms with Gasteiger partial charge in [0.2, 0.25) is 5.91 Å². The van der Waals surface area contributed by atoms with Crippen LogP contribution in [0, 0.1) is 6.92 Å². The summed E-state index contributed by atoms with van der Waals surface area (Å²) in [6.07, 6.45) is 1.15. The van der Waals surface area contributed by atoms with Crippen molar-refractivity contribution < 1.29 is 4.79 Å². The molecule has 2 nitrogen and oxygen atoms in total. The largest absolute Gasteiger partial charge is 0.325 e. The van der Waals surface area contributed by atoms with E-state index < -0.39 is 0 Å². The molecular formula is C17H17Cl2NO. The van der Waals surface area contributed by atoms with Gasteiger partial charge in [-0.2, -0.15) is 0 Å². The van der Waals surface area contributed by atoms with E-state index in [9.17, 15) is 4.79 Å². The summed E-state index contributed by atoms with van der Waals surface area (Å²) in [5.41, 5.74) is 3.95. The van der Waals surface area contributed by atoms with Crippen LogP contribution in [0.2, 0.25) is 10.0 Å². The van der Waals surface area contributed by atoms with Crippen LogP contribution in [0.1, 0.15) is 23.6 Å². The molecule has 0 bridgehead atoms. The molecule has 0 spiro atoms. The number of para-hydroxylation sites is 1. The molecule has 1 amide bonds. The number of benzene rings is 2. The van der Waals surface area contributed by atoms with Gasteiger partial charge in [-0.1, -0.05) is 54.4 Å². The van der Waals surface area contributed by atoms with E-state index >= 15 is 0 Å². The Morgan fingerprint density at radius 2 is 1.90 bits per heavy atom. The molecular weight excluding hydrogens is 305 g/mol. The SMILES string of the molecule is CCc1cccc(C)c1NC(=O)Cc1ccc(Cl)c(Cl)c1. The van der Waals surface area contributed by atoms with Crippen molar-refractivity contribution >= 4 is 34.8 Å². The number of rotatable bonds is 4. The van der Waals surface area contributed by atoms with Crippen LogP contribution in [0.4, 0.5) is 5.69 Å². The monoisotopic (exact) mass is 321 g/mol. The van der Waals surface area contributed by atoms with Crippen molar-refractivity contribution in [2.75, 3.05) is 5.32 Å². The summed E-state index contributed by atoms with van der Waals surface area (Å²) >= 11 is 11.8. The Morgan fingerprint density at radius 3 is 2.57 bits per heavy atom. The summed E-state index contributed by atoms with van der Waals surface area (Å²) in [7, 11) is 0. The normalized spacial score (nSPS) is 10.5. The highest BCUT2D eigenvalue weighted by Gasteiger charge is 2.10. The number of aryl methyl sites for hydroxylation is 2. The van der Waals surface area contributed by atoms with Gasteiger partial charge in [-0.3, -0.25) is 4.79 Å². The first-order valence-corrected chi connectivity index (χ1v) is 7.59. The Labute approximate surface area is 135 Å². The highest BCUT2D eigenvalue weighted by atomic mass is 35.5. The zero-order chi connectivity index (χ0) is 15.4. The Hall–Kier alpha value is -1.51. The first-order chi connectivity index (χ1) is 10.0. The molecule has 0 fully saturated rings. The van der Waals surface area contributed by atoms with Crippen LogP contribution in [0.3, 0.4) is 0 Å². The van der Waals surface area contributed by atoms with E-state index in [-0.39, 0.29) is 12.3 Å². The zero-order valence-electron chi connectivity index (χ0n) is 12.0.